The Morgan fingerprint density at radius 3 is 2.44 bits per heavy atom. The predicted octanol–water partition coefficient (Wildman–Crippen LogP) is 3.09. The molecule has 2 N–H and O–H groups in total. The minimum absolute atomic E-state index is 0.0404. The summed E-state index contributed by atoms with van der Waals surface area (Å²) in [5.74, 6) is 1.02. The van der Waals surface area contributed by atoms with Crippen molar-refractivity contribution in [3.8, 4) is 17.2 Å². The number of rotatable bonds is 5. The van der Waals surface area contributed by atoms with Gasteiger partial charge in [0.05, 0.1) is 11.2 Å². The van der Waals surface area contributed by atoms with Crippen LogP contribution < -0.4 is 14.2 Å². The summed E-state index contributed by atoms with van der Waals surface area (Å²) >= 11 is 0. The van der Waals surface area contributed by atoms with Crippen molar-refractivity contribution in [1.29, 1.82) is 0 Å². The van der Waals surface area contributed by atoms with Gasteiger partial charge in [0, 0.05) is 11.6 Å². The van der Waals surface area contributed by atoms with Crippen LogP contribution in [-0.2, 0) is 10.0 Å². The van der Waals surface area contributed by atoms with E-state index in [9.17, 15) is 13.5 Å². The van der Waals surface area contributed by atoms with Crippen LogP contribution in [0.25, 0.3) is 0 Å². The zero-order valence-electron chi connectivity index (χ0n) is 14.4. The molecule has 0 bridgehead atoms. The van der Waals surface area contributed by atoms with Gasteiger partial charge in [-0.05, 0) is 37.3 Å². The van der Waals surface area contributed by atoms with Crippen molar-refractivity contribution < 1.29 is 27.4 Å². The van der Waals surface area contributed by atoms with E-state index >= 15 is 0 Å². The van der Waals surface area contributed by atoms with Crippen LogP contribution in [0.5, 0.6) is 17.2 Å². The Kier molecular flexibility index (Phi) is 4.29. The highest BCUT2D eigenvalue weighted by molar-refractivity contribution is 7.89. The molecule has 8 heteroatoms. The molecule has 1 aromatic heterocycles. The molecular weight excluding hydrogens is 370 g/mol. The molecule has 0 spiro atoms. The van der Waals surface area contributed by atoms with Gasteiger partial charge in [-0.1, -0.05) is 17.7 Å². The lowest BCUT2D eigenvalue weighted by molar-refractivity contribution is 0.174. The van der Waals surface area contributed by atoms with Gasteiger partial charge in [-0.3, -0.25) is 0 Å². The molecule has 0 aliphatic carbocycles. The zero-order chi connectivity index (χ0) is 19.0. The van der Waals surface area contributed by atoms with E-state index in [2.05, 4.69) is 4.72 Å². The van der Waals surface area contributed by atoms with E-state index in [4.69, 9.17) is 13.9 Å². The van der Waals surface area contributed by atoms with Crippen LogP contribution in [0, 0.1) is 6.92 Å². The molecule has 4 rings (SSSR count). The Balaban J connectivity index is 1.76. The predicted molar refractivity (Wildman–Crippen MR) is 96.3 cm³/mol. The maximum atomic E-state index is 12.9. The van der Waals surface area contributed by atoms with E-state index in [1.807, 2.05) is 6.92 Å². The van der Waals surface area contributed by atoms with Gasteiger partial charge >= 0.3 is 0 Å². The number of benzene rings is 2. The fourth-order valence-corrected chi connectivity index (χ4v) is 4.03. The monoisotopic (exact) mass is 387 g/mol. The summed E-state index contributed by atoms with van der Waals surface area (Å²) in [7, 11) is -3.87. The third-order valence-corrected chi connectivity index (χ3v) is 5.70. The molecule has 1 unspecified atom stereocenters. The lowest BCUT2D eigenvalue weighted by Crippen LogP contribution is -2.29. The summed E-state index contributed by atoms with van der Waals surface area (Å²) in [4.78, 5) is 0.116. The van der Waals surface area contributed by atoms with Gasteiger partial charge < -0.3 is 19.0 Å². The van der Waals surface area contributed by atoms with Gasteiger partial charge in [0.1, 0.15) is 17.6 Å². The van der Waals surface area contributed by atoms with Crippen molar-refractivity contribution in [3.63, 3.8) is 0 Å². The zero-order valence-corrected chi connectivity index (χ0v) is 15.2. The molecule has 2 aromatic carbocycles. The molecule has 0 amide bonds. The number of hydrogen-bond donors (Lipinski definition) is 2. The molecule has 27 heavy (non-hydrogen) atoms. The molecule has 2 heterocycles. The number of phenols is 1. The van der Waals surface area contributed by atoms with Crippen molar-refractivity contribution in [3.05, 3.63) is 71.7 Å². The molecule has 140 valence electrons. The molecule has 0 saturated heterocycles. The number of fused-ring (bicyclic) bond motifs is 1. The number of hydrogen-bond acceptors (Lipinski definition) is 6. The summed E-state index contributed by atoms with van der Waals surface area (Å²) in [6.07, 6.45) is 1.44. The van der Waals surface area contributed by atoms with E-state index in [-0.39, 0.29) is 17.4 Å². The van der Waals surface area contributed by atoms with Crippen LogP contribution in [0.3, 0.4) is 0 Å². The van der Waals surface area contributed by atoms with Gasteiger partial charge in [0.25, 0.3) is 0 Å². The molecule has 1 aliphatic heterocycles. The van der Waals surface area contributed by atoms with E-state index in [1.54, 1.807) is 30.3 Å². The maximum absolute atomic E-state index is 12.9. The number of phenolic OH excluding ortho intramolecular Hbond substituents is 1. The van der Waals surface area contributed by atoms with Crippen molar-refractivity contribution >= 4 is 10.0 Å². The molecule has 1 atom stereocenters. The van der Waals surface area contributed by atoms with Gasteiger partial charge in [-0.25, -0.2) is 8.42 Å². The average molecular weight is 387 g/mol. The second kappa shape index (κ2) is 6.64. The third kappa shape index (κ3) is 3.36. The van der Waals surface area contributed by atoms with Gasteiger partial charge in [0.15, 0.2) is 11.5 Å². The lowest BCUT2D eigenvalue weighted by Gasteiger charge is -2.19. The first kappa shape index (κ1) is 17.4. The first-order valence-electron chi connectivity index (χ1n) is 8.19. The average Bonchev–Trinajstić information content (AvgIpc) is 3.31. The van der Waals surface area contributed by atoms with Gasteiger partial charge in [-0.15, -0.1) is 0 Å². The number of furan rings is 1. The molecule has 7 nitrogen and oxygen atoms in total. The van der Waals surface area contributed by atoms with E-state index in [0.29, 0.717) is 22.8 Å². The first-order chi connectivity index (χ1) is 12.9. The fourth-order valence-electron chi connectivity index (χ4n) is 2.85. The largest absolute Gasteiger partial charge is 0.507 e. The van der Waals surface area contributed by atoms with Crippen molar-refractivity contribution in [2.75, 3.05) is 6.79 Å². The van der Waals surface area contributed by atoms with E-state index in [1.165, 1.54) is 24.5 Å². The second-order valence-electron chi connectivity index (χ2n) is 6.15. The van der Waals surface area contributed by atoms with Crippen molar-refractivity contribution in [2.24, 2.45) is 0 Å². The Labute approximate surface area is 156 Å². The number of sulfonamides is 1. The van der Waals surface area contributed by atoms with Crippen molar-refractivity contribution in [1.82, 2.24) is 4.72 Å². The highest BCUT2D eigenvalue weighted by atomic mass is 32.2. The third-order valence-electron chi connectivity index (χ3n) is 4.26. The van der Waals surface area contributed by atoms with E-state index in [0.717, 1.165) is 5.56 Å². The molecule has 0 saturated carbocycles. The standard InChI is InChI=1S/C19H17NO6S/c1-12-4-6-13(7-5-12)27(22,23)20-19(16-3-2-8-24-16)14-9-17-18(10-15(14)21)26-11-25-17/h2-10,19-21H,11H2,1H3. The topological polar surface area (TPSA) is 98.0 Å². The fraction of sp³-hybridized carbons (Fsp3) is 0.158. The van der Waals surface area contributed by atoms with Crippen LogP contribution in [0.1, 0.15) is 22.9 Å². The number of nitrogens with one attached hydrogen (secondary N) is 1. The first-order valence-corrected chi connectivity index (χ1v) is 9.67. The van der Waals surface area contributed by atoms with Gasteiger partial charge in [0.2, 0.25) is 16.8 Å². The van der Waals surface area contributed by atoms with Crippen LogP contribution in [0.4, 0.5) is 0 Å². The lowest BCUT2D eigenvalue weighted by atomic mass is 10.0. The molecular formula is C19H17NO6S. The maximum Gasteiger partial charge on any atom is 0.241 e. The van der Waals surface area contributed by atoms with E-state index < -0.39 is 16.1 Å². The minimum Gasteiger partial charge on any atom is -0.507 e. The Morgan fingerprint density at radius 1 is 1.07 bits per heavy atom. The van der Waals surface area contributed by atoms with Crippen molar-refractivity contribution in [2.45, 2.75) is 17.9 Å². The SMILES string of the molecule is Cc1ccc(S(=O)(=O)NC(c2ccco2)c2cc3c(cc2O)OCO3)cc1. The Bertz CT molecular complexity index is 1060. The van der Waals surface area contributed by atoms with Crippen LogP contribution >= 0.6 is 0 Å². The van der Waals surface area contributed by atoms with Crippen LogP contribution in [0.2, 0.25) is 0 Å². The van der Waals surface area contributed by atoms with Gasteiger partial charge in [-0.2, -0.15) is 4.72 Å². The summed E-state index contributed by atoms with van der Waals surface area (Å²) in [5, 5.41) is 10.4. The van der Waals surface area contributed by atoms with Crippen LogP contribution in [0.15, 0.2) is 64.1 Å². The molecule has 3 aromatic rings. The normalized spacial score (nSPS) is 14.3. The highest BCUT2D eigenvalue weighted by Gasteiger charge is 2.29. The smallest absolute Gasteiger partial charge is 0.241 e. The number of aromatic hydroxyl groups is 1. The number of ether oxygens (including phenoxy) is 2. The Hall–Kier alpha value is -2.97. The summed E-state index contributed by atoms with van der Waals surface area (Å²) in [5.41, 5.74) is 1.25. The van der Waals surface area contributed by atoms with Crippen LogP contribution in [-0.4, -0.2) is 20.3 Å². The highest BCUT2D eigenvalue weighted by Crippen LogP contribution is 2.41. The summed E-state index contributed by atoms with van der Waals surface area (Å²) in [6, 6.07) is 11.8. The second-order valence-corrected chi connectivity index (χ2v) is 7.86. The Morgan fingerprint density at radius 2 is 1.78 bits per heavy atom. The number of aryl methyl sites for hydroxylation is 1. The molecule has 1 aliphatic rings. The quantitative estimate of drug-likeness (QED) is 0.698. The summed E-state index contributed by atoms with van der Waals surface area (Å²) < 4.78 is 44.4. The minimum atomic E-state index is -3.87. The molecule has 0 radical (unpaired) electrons. The molecule has 0 fully saturated rings. The summed E-state index contributed by atoms with van der Waals surface area (Å²) in [6.45, 7) is 1.92.